The predicted molar refractivity (Wildman–Crippen MR) is 103 cm³/mol. The average Bonchev–Trinajstić information content (AvgIpc) is 2.60. The molecule has 0 aliphatic heterocycles. The summed E-state index contributed by atoms with van der Waals surface area (Å²) < 4.78 is 2.35. The zero-order valence-corrected chi connectivity index (χ0v) is 15.7. The highest BCUT2D eigenvalue weighted by molar-refractivity contribution is 6.01. The minimum atomic E-state index is -0.624. The fraction of sp³-hybridized carbons (Fsp3) is 0.421. The summed E-state index contributed by atoms with van der Waals surface area (Å²) in [6, 6.07) is 9.46. The number of likely N-dealkylation sites (N-methyl/N-ethyl adjacent to an activating group) is 1. The minimum absolute atomic E-state index is 0.0599. The monoisotopic (exact) mass is 358 g/mol. The first-order valence-electron chi connectivity index (χ1n) is 8.68. The molecule has 0 aliphatic carbocycles. The van der Waals surface area contributed by atoms with Crippen molar-refractivity contribution in [3.8, 4) is 0 Å². The molecule has 0 saturated carbocycles. The first kappa shape index (κ1) is 19.7. The van der Waals surface area contributed by atoms with Crippen LogP contribution in [-0.4, -0.2) is 39.5 Å². The number of hydrogen-bond acceptors (Lipinski definition) is 5. The third-order valence-electron chi connectivity index (χ3n) is 4.52. The van der Waals surface area contributed by atoms with Crippen molar-refractivity contribution in [3.05, 3.63) is 62.3 Å². The number of carbonyl (C=O) groups excluding carboxylic acids is 1. The number of aromatic nitrogens is 2. The van der Waals surface area contributed by atoms with Crippen molar-refractivity contribution in [2.24, 2.45) is 0 Å². The molecule has 0 spiro atoms. The van der Waals surface area contributed by atoms with E-state index in [4.69, 9.17) is 5.73 Å². The van der Waals surface area contributed by atoms with Gasteiger partial charge >= 0.3 is 5.69 Å². The summed E-state index contributed by atoms with van der Waals surface area (Å²) >= 11 is 0. The number of carbonyl (C=O) groups is 1. The summed E-state index contributed by atoms with van der Waals surface area (Å²) in [6.07, 6.45) is 0. The van der Waals surface area contributed by atoms with Crippen molar-refractivity contribution in [2.75, 3.05) is 19.3 Å². The van der Waals surface area contributed by atoms with Crippen molar-refractivity contribution in [1.29, 1.82) is 0 Å². The molecule has 1 aromatic carbocycles. The third-order valence-corrected chi connectivity index (χ3v) is 4.52. The van der Waals surface area contributed by atoms with Gasteiger partial charge in [0.05, 0.1) is 13.1 Å². The highest BCUT2D eigenvalue weighted by Crippen LogP contribution is 2.10. The van der Waals surface area contributed by atoms with Crippen LogP contribution in [0.2, 0.25) is 0 Å². The fourth-order valence-electron chi connectivity index (χ4n) is 2.66. The Balaban J connectivity index is 2.58. The number of rotatable bonds is 7. The van der Waals surface area contributed by atoms with Gasteiger partial charge in [0.2, 0.25) is 0 Å². The lowest BCUT2D eigenvalue weighted by Gasteiger charge is -2.21. The molecule has 1 aromatic heterocycles. The molecule has 2 aromatic rings. The number of benzene rings is 1. The Morgan fingerprint density at radius 3 is 2.31 bits per heavy atom. The Hall–Kier alpha value is -2.67. The smallest absolute Gasteiger partial charge is 0.332 e. The van der Waals surface area contributed by atoms with E-state index in [0.717, 1.165) is 10.1 Å². The number of Topliss-reactive ketones (excluding diaryl/α,β-unsaturated/α-hetero) is 1. The lowest BCUT2D eigenvalue weighted by Crippen LogP contribution is -2.45. The summed E-state index contributed by atoms with van der Waals surface area (Å²) in [6.45, 7) is 6.04. The zero-order chi connectivity index (χ0) is 19.4. The van der Waals surface area contributed by atoms with E-state index in [2.05, 4.69) is 0 Å². The maximum Gasteiger partial charge on any atom is 0.332 e. The van der Waals surface area contributed by atoms with Crippen LogP contribution < -0.4 is 17.0 Å². The van der Waals surface area contributed by atoms with Gasteiger partial charge in [0.1, 0.15) is 11.4 Å². The molecular formula is C19H26N4O3. The van der Waals surface area contributed by atoms with E-state index >= 15 is 0 Å². The Kier molecular flexibility index (Phi) is 6.15. The Labute approximate surface area is 152 Å². The fourth-order valence-corrected chi connectivity index (χ4v) is 2.66. The standard InChI is InChI=1S/C19H26N4O3/c1-5-22-18(25)16(15(24)12-21(4)13(2)3)17(20)23(19(22)26)11-14-9-7-6-8-10-14/h6-10,13H,5,11-12,20H2,1-4H3. The number of nitrogen functional groups attached to an aromatic ring is 1. The van der Waals surface area contributed by atoms with Crippen LogP contribution in [-0.2, 0) is 13.1 Å². The van der Waals surface area contributed by atoms with Crippen LogP contribution >= 0.6 is 0 Å². The molecule has 7 nitrogen and oxygen atoms in total. The molecule has 140 valence electrons. The molecule has 0 amide bonds. The Morgan fingerprint density at radius 1 is 1.15 bits per heavy atom. The first-order chi connectivity index (χ1) is 12.3. The van der Waals surface area contributed by atoms with E-state index in [-0.39, 0.29) is 42.8 Å². The van der Waals surface area contributed by atoms with Crippen molar-refractivity contribution in [2.45, 2.75) is 39.9 Å². The van der Waals surface area contributed by atoms with Crippen LogP contribution in [0.4, 0.5) is 5.82 Å². The van der Waals surface area contributed by atoms with Crippen LogP contribution in [0.25, 0.3) is 0 Å². The summed E-state index contributed by atoms with van der Waals surface area (Å²) in [5, 5.41) is 0. The molecule has 0 radical (unpaired) electrons. The number of nitrogens with two attached hydrogens (primary N) is 1. The minimum Gasteiger partial charge on any atom is -0.384 e. The Morgan fingerprint density at radius 2 is 1.77 bits per heavy atom. The van der Waals surface area contributed by atoms with Crippen molar-refractivity contribution in [3.63, 3.8) is 0 Å². The molecule has 0 fully saturated rings. The van der Waals surface area contributed by atoms with Gasteiger partial charge in [-0.3, -0.25) is 23.6 Å². The van der Waals surface area contributed by atoms with Crippen molar-refractivity contribution >= 4 is 11.6 Å². The van der Waals surface area contributed by atoms with Crippen LogP contribution in [0, 0.1) is 0 Å². The van der Waals surface area contributed by atoms with Gasteiger partial charge in [-0.15, -0.1) is 0 Å². The second kappa shape index (κ2) is 8.14. The molecule has 2 N–H and O–H groups in total. The quantitative estimate of drug-likeness (QED) is 0.751. The molecule has 1 heterocycles. The Bertz CT molecular complexity index is 897. The molecule has 0 saturated heterocycles. The third kappa shape index (κ3) is 3.94. The zero-order valence-electron chi connectivity index (χ0n) is 15.7. The highest BCUT2D eigenvalue weighted by Gasteiger charge is 2.23. The van der Waals surface area contributed by atoms with Gasteiger partial charge in [0.15, 0.2) is 5.78 Å². The number of hydrogen-bond donors (Lipinski definition) is 1. The van der Waals surface area contributed by atoms with E-state index in [1.165, 1.54) is 4.57 Å². The topological polar surface area (TPSA) is 90.3 Å². The second-order valence-corrected chi connectivity index (χ2v) is 6.60. The molecule has 2 rings (SSSR count). The average molecular weight is 358 g/mol. The number of anilines is 1. The molecule has 26 heavy (non-hydrogen) atoms. The molecule has 0 atom stereocenters. The molecule has 7 heteroatoms. The van der Waals surface area contributed by atoms with Crippen molar-refractivity contribution in [1.82, 2.24) is 14.0 Å². The molecule has 0 aliphatic rings. The van der Waals surface area contributed by atoms with Gasteiger partial charge in [-0.05, 0) is 33.4 Å². The first-order valence-corrected chi connectivity index (χ1v) is 8.68. The maximum absolute atomic E-state index is 12.7. The normalized spacial score (nSPS) is 11.3. The SMILES string of the molecule is CCn1c(=O)c(C(=O)CN(C)C(C)C)c(N)n(Cc2ccccc2)c1=O. The summed E-state index contributed by atoms with van der Waals surface area (Å²) in [5.41, 5.74) is 5.73. The molecular weight excluding hydrogens is 332 g/mol. The van der Waals surface area contributed by atoms with Crippen LogP contribution in [0.15, 0.2) is 39.9 Å². The van der Waals surface area contributed by atoms with Gasteiger partial charge in [-0.25, -0.2) is 4.79 Å². The van der Waals surface area contributed by atoms with Crippen molar-refractivity contribution < 1.29 is 4.79 Å². The van der Waals surface area contributed by atoms with Gasteiger partial charge in [-0.2, -0.15) is 0 Å². The van der Waals surface area contributed by atoms with Crippen LogP contribution in [0.1, 0.15) is 36.7 Å². The number of nitrogens with zero attached hydrogens (tertiary/aromatic N) is 3. The lowest BCUT2D eigenvalue weighted by molar-refractivity contribution is 0.0927. The largest absolute Gasteiger partial charge is 0.384 e. The van der Waals surface area contributed by atoms with Crippen LogP contribution in [0.5, 0.6) is 0 Å². The van der Waals surface area contributed by atoms with E-state index in [1.54, 1.807) is 14.0 Å². The van der Waals surface area contributed by atoms with Gasteiger partial charge in [0.25, 0.3) is 5.56 Å². The highest BCUT2D eigenvalue weighted by atomic mass is 16.2. The van der Waals surface area contributed by atoms with Crippen LogP contribution in [0.3, 0.4) is 0 Å². The van der Waals surface area contributed by atoms with E-state index < -0.39 is 11.2 Å². The second-order valence-electron chi connectivity index (χ2n) is 6.60. The summed E-state index contributed by atoms with van der Waals surface area (Å²) in [7, 11) is 1.80. The van der Waals surface area contributed by atoms with E-state index in [9.17, 15) is 14.4 Å². The molecule has 0 unspecified atom stereocenters. The van der Waals surface area contributed by atoms with Gasteiger partial charge in [0, 0.05) is 12.6 Å². The number of ketones is 1. The predicted octanol–water partition coefficient (Wildman–Crippen LogP) is 1.18. The van der Waals surface area contributed by atoms with Gasteiger partial charge < -0.3 is 5.73 Å². The summed E-state index contributed by atoms with van der Waals surface area (Å²) in [4.78, 5) is 39.9. The van der Waals surface area contributed by atoms with E-state index in [0.29, 0.717) is 0 Å². The lowest BCUT2D eigenvalue weighted by atomic mass is 10.1. The maximum atomic E-state index is 12.7. The summed E-state index contributed by atoms with van der Waals surface area (Å²) in [5.74, 6) is -0.455. The van der Waals surface area contributed by atoms with Gasteiger partial charge in [-0.1, -0.05) is 30.3 Å². The van der Waals surface area contributed by atoms with E-state index in [1.807, 2.05) is 49.1 Å². The molecule has 0 bridgehead atoms.